The highest BCUT2D eigenvalue weighted by Crippen LogP contribution is 2.54. The number of amides is 1. The Hall–Kier alpha value is -3.22. The molecule has 1 saturated heterocycles. The minimum atomic E-state index is -0.391. The van der Waals surface area contributed by atoms with Gasteiger partial charge < -0.3 is 19.3 Å². The van der Waals surface area contributed by atoms with E-state index < -0.39 is 5.60 Å². The number of likely N-dealkylation sites (N-methyl/N-ethyl adjacent to an activating group) is 1. The van der Waals surface area contributed by atoms with Crippen molar-refractivity contribution in [2.24, 2.45) is 0 Å². The monoisotopic (exact) mass is 500 g/mol. The van der Waals surface area contributed by atoms with Gasteiger partial charge in [0, 0.05) is 44.6 Å². The van der Waals surface area contributed by atoms with Gasteiger partial charge in [-0.25, -0.2) is 0 Å². The summed E-state index contributed by atoms with van der Waals surface area (Å²) in [7, 11) is 5.88. The standard InChI is InChI=1S/C31H36N2O4/c1-22(34)37-28-11-7-10-26(19-28)30-16-17-32(2)21-31(30,36-4)15-14-27(20-30)33(3)29(35)25-13-12-23-8-5-6-9-24(23)18-25/h5-13,18-19,27H,14-17,20-21H2,1-4H3. The second-order valence-corrected chi connectivity index (χ2v) is 10.8. The summed E-state index contributed by atoms with van der Waals surface area (Å²) in [6.07, 6.45) is 3.39. The number of benzene rings is 3. The van der Waals surface area contributed by atoms with E-state index in [1.165, 1.54) is 6.92 Å². The number of carbonyl (C=O) groups is 2. The van der Waals surface area contributed by atoms with Crippen LogP contribution in [0.3, 0.4) is 0 Å². The third kappa shape index (κ3) is 4.53. The molecular formula is C31H36N2O4. The molecule has 1 saturated carbocycles. The highest BCUT2D eigenvalue weighted by atomic mass is 16.5. The van der Waals surface area contributed by atoms with Gasteiger partial charge in [-0.15, -0.1) is 0 Å². The SMILES string of the molecule is COC12CCC(N(C)C(=O)c3ccc4ccccc4c3)CC1(c1cccc(OC(C)=O)c1)CCN(C)C2. The number of fused-ring (bicyclic) bond motifs is 2. The van der Waals surface area contributed by atoms with Crippen molar-refractivity contribution >= 4 is 22.6 Å². The molecule has 1 aliphatic heterocycles. The molecule has 0 N–H and O–H groups in total. The number of hydrogen-bond acceptors (Lipinski definition) is 5. The van der Waals surface area contributed by atoms with Crippen molar-refractivity contribution in [2.45, 2.75) is 49.7 Å². The van der Waals surface area contributed by atoms with Gasteiger partial charge in [0.2, 0.25) is 0 Å². The maximum atomic E-state index is 13.7. The van der Waals surface area contributed by atoms with Crippen molar-refractivity contribution in [3.05, 3.63) is 77.9 Å². The Balaban J connectivity index is 1.50. The lowest BCUT2D eigenvalue weighted by molar-refractivity contribution is -0.149. The van der Waals surface area contributed by atoms with E-state index in [4.69, 9.17) is 9.47 Å². The molecule has 3 aromatic rings. The number of rotatable bonds is 5. The summed E-state index contributed by atoms with van der Waals surface area (Å²) in [5, 5.41) is 2.19. The molecule has 2 aliphatic rings. The van der Waals surface area contributed by atoms with Crippen molar-refractivity contribution < 1.29 is 19.1 Å². The smallest absolute Gasteiger partial charge is 0.308 e. The minimum Gasteiger partial charge on any atom is -0.427 e. The van der Waals surface area contributed by atoms with Crippen LogP contribution in [0.2, 0.25) is 0 Å². The fourth-order valence-electron chi connectivity index (χ4n) is 6.72. The van der Waals surface area contributed by atoms with Gasteiger partial charge in [-0.3, -0.25) is 9.59 Å². The second-order valence-electron chi connectivity index (χ2n) is 10.8. The van der Waals surface area contributed by atoms with E-state index in [2.05, 4.69) is 24.1 Å². The Labute approximate surface area is 219 Å². The maximum Gasteiger partial charge on any atom is 0.308 e. The fourth-order valence-corrected chi connectivity index (χ4v) is 6.72. The zero-order valence-corrected chi connectivity index (χ0v) is 22.2. The van der Waals surface area contributed by atoms with Crippen LogP contribution in [0.25, 0.3) is 10.8 Å². The Bertz CT molecular complexity index is 1320. The molecule has 1 aliphatic carbocycles. The molecule has 6 heteroatoms. The first kappa shape index (κ1) is 25.4. The first-order chi connectivity index (χ1) is 17.8. The molecule has 5 rings (SSSR count). The summed E-state index contributed by atoms with van der Waals surface area (Å²) in [6.45, 7) is 3.16. The molecule has 194 valence electrons. The van der Waals surface area contributed by atoms with E-state index in [9.17, 15) is 9.59 Å². The Morgan fingerprint density at radius 1 is 1.00 bits per heavy atom. The highest BCUT2D eigenvalue weighted by molar-refractivity contribution is 5.98. The van der Waals surface area contributed by atoms with Crippen molar-refractivity contribution in [1.82, 2.24) is 9.80 Å². The van der Waals surface area contributed by atoms with E-state index in [0.717, 1.165) is 55.1 Å². The number of methoxy groups -OCH3 is 1. The molecule has 0 aromatic heterocycles. The Morgan fingerprint density at radius 3 is 2.54 bits per heavy atom. The summed E-state index contributed by atoms with van der Waals surface area (Å²) >= 11 is 0. The number of likely N-dealkylation sites (tertiary alicyclic amines) is 1. The van der Waals surface area contributed by atoms with Crippen LogP contribution in [0.1, 0.15) is 48.5 Å². The average molecular weight is 501 g/mol. The summed E-state index contributed by atoms with van der Waals surface area (Å²) in [6, 6.07) is 22.0. The molecule has 0 spiro atoms. The van der Waals surface area contributed by atoms with Crippen LogP contribution < -0.4 is 4.74 Å². The van der Waals surface area contributed by atoms with Crippen molar-refractivity contribution in [1.29, 1.82) is 0 Å². The molecule has 37 heavy (non-hydrogen) atoms. The maximum absolute atomic E-state index is 13.7. The van der Waals surface area contributed by atoms with Crippen LogP contribution in [0.15, 0.2) is 66.7 Å². The van der Waals surface area contributed by atoms with Crippen LogP contribution in [0, 0.1) is 0 Å². The molecule has 1 heterocycles. The van der Waals surface area contributed by atoms with Gasteiger partial charge in [-0.2, -0.15) is 0 Å². The number of esters is 1. The van der Waals surface area contributed by atoms with E-state index in [1.807, 2.05) is 73.7 Å². The number of hydrogen-bond donors (Lipinski definition) is 0. The predicted molar refractivity (Wildman–Crippen MR) is 145 cm³/mol. The van der Waals surface area contributed by atoms with Crippen LogP contribution in [0.5, 0.6) is 5.75 Å². The molecule has 1 amide bonds. The number of carbonyl (C=O) groups excluding carboxylic acids is 2. The molecule has 3 unspecified atom stereocenters. The van der Waals surface area contributed by atoms with Gasteiger partial charge in [0.1, 0.15) is 5.75 Å². The zero-order valence-electron chi connectivity index (χ0n) is 22.2. The zero-order chi connectivity index (χ0) is 26.2. The van der Waals surface area contributed by atoms with Gasteiger partial charge >= 0.3 is 5.97 Å². The molecular weight excluding hydrogens is 464 g/mol. The normalized spacial score (nSPS) is 25.9. The Kier molecular flexibility index (Phi) is 6.82. The largest absolute Gasteiger partial charge is 0.427 e. The third-order valence-electron chi connectivity index (χ3n) is 8.69. The fraction of sp³-hybridized carbons (Fsp3) is 0.419. The average Bonchev–Trinajstić information content (AvgIpc) is 2.91. The summed E-state index contributed by atoms with van der Waals surface area (Å²) in [4.78, 5) is 29.6. The van der Waals surface area contributed by atoms with E-state index in [0.29, 0.717) is 11.3 Å². The summed E-state index contributed by atoms with van der Waals surface area (Å²) in [5.74, 6) is 0.252. The first-order valence-corrected chi connectivity index (χ1v) is 13.1. The molecule has 0 radical (unpaired) electrons. The van der Waals surface area contributed by atoms with Gasteiger partial charge in [0.25, 0.3) is 5.91 Å². The quantitative estimate of drug-likeness (QED) is 0.363. The third-order valence-corrected chi connectivity index (χ3v) is 8.69. The van der Waals surface area contributed by atoms with Gasteiger partial charge in [-0.1, -0.05) is 42.5 Å². The molecule has 3 aromatic carbocycles. The van der Waals surface area contributed by atoms with Crippen LogP contribution in [0.4, 0.5) is 0 Å². The van der Waals surface area contributed by atoms with Crippen molar-refractivity contribution in [3.63, 3.8) is 0 Å². The van der Waals surface area contributed by atoms with Gasteiger partial charge in [0.05, 0.1) is 5.60 Å². The molecule has 2 fully saturated rings. The second kappa shape index (κ2) is 9.92. The van der Waals surface area contributed by atoms with Crippen molar-refractivity contribution in [2.75, 3.05) is 34.3 Å². The molecule has 3 atom stereocenters. The van der Waals surface area contributed by atoms with Crippen LogP contribution in [-0.4, -0.2) is 67.6 Å². The van der Waals surface area contributed by atoms with Crippen LogP contribution >= 0.6 is 0 Å². The Morgan fingerprint density at radius 2 is 1.78 bits per heavy atom. The van der Waals surface area contributed by atoms with Crippen LogP contribution in [-0.2, 0) is 14.9 Å². The molecule has 6 nitrogen and oxygen atoms in total. The minimum absolute atomic E-state index is 0.0393. The topological polar surface area (TPSA) is 59.1 Å². The lowest BCUT2D eigenvalue weighted by Crippen LogP contribution is -2.67. The first-order valence-electron chi connectivity index (χ1n) is 13.1. The number of ether oxygens (including phenoxy) is 2. The summed E-state index contributed by atoms with van der Waals surface area (Å²) in [5.41, 5.74) is 1.11. The molecule has 0 bridgehead atoms. The van der Waals surface area contributed by atoms with E-state index in [1.54, 1.807) is 0 Å². The van der Waals surface area contributed by atoms with Gasteiger partial charge in [0.15, 0.2) is 0 Å². The summed E-state index contributed by atoms with van der Waals surface area (Å²) < 4.78 is 11.9. The number of nitrogens with zero attached hydrogens (tertiary/aromatic N) is 2. The lowest BCUT2D eigenvalue weighted by Gasteiger charge is -2.60. The van der Waals surface area contributed by atoms with E-state index >= 15 is 0 Å². The predicted octanol–water partition coefficient (Wildman–Crippen LogP) is 5.05. The lowest BCUT2D eigenvalue weighted by atomic mass is 9.55. The van der Waals surface area contributed by atoms with Gasteiger partial charge in [-0.05, 0) is 79.9 Å². The van der Waals surface area contributed by atoms with Crippen molar-refractivity contribution in [3.8, 4) is 5.75 Å². The van der Waals surface area contributed by atoms with E-state index in [-0.39, 0.29) is 23.3 Å². The highest BCUT2D eigenvalue weighted by Gasteiger charge is 2.59. The number of piperidine rings is 1.